The molecule has 0 amide bonds. The van der Waals surface area contributed by atoms with Crippen LogP contribution in [0.15, 0.2) is 22.7 Å². The van der Waals surface area contributed by atoms with Crippen molar-refractivity contribution in [2.45, 2.75) is 38.1 Å². The maximum atomic E-state index is 6.15. The number of fused-ring (bicyclic) bond motifs is 2. The number of nitrogens with one attached hydrogen (secondary N) is 1. The summed E-state index contributed by atoms with van der Waals surface area (Å²) < 4.78 is 1.17. The highest BCUT2D eigenvalue weighted by Gasteiger charge is 2.40. The van der Waals surface area contributed by atoms with Crippen LogP contribution in [0.4, 0.5) is 0 Å². The van der Waals surface area contributed by atoms with Gasteiger partial charge in [-0.1, -0.05) is 34.0 Å². The van der Waals surface area contributed by atoms with E-state index in [9.17, 15) is 0 Å². The predicted molar refractivity (Wildman–Crippen MR) is 84.5 cm³/mol. The van der Waals surface area contributed by atoms with Crippen LogP contribution < -0.4 is 5.32 Å². The molecule has 2 aliphatic carbocycles. The molecule has 1 aromatic carbocycles. The first kappa shape index (κ1) is 13.9. The van der Waals surface area contributed by atoms with E-state index in [1.165, 1.54) is 42.1 Å². The third-order valence-electron chi connectivity index (χ3n) is 5.10. The van der Waals surface area contributed by atoms with Crippen molar-refractivity contribution in [2.75, 3.05) is 7.05 Å². The summed E-state index contributed by atoms with van der Waals surface area (Å²) in [5, 5.41) is 4.31. The Kier molecular flexibility index (Phi) is 4.21. The standard InChI is InChI=1S/C16H21BrClN/c1-19-16(14-9-13(18)4-5-15(14)17)8-12-7-10-2-3-11(12)6-10/h4-5,9-12,16,19H,2-3,6-8H2,1H3. The van der Waals surface area contributed by atoms with E-state index in [2.05, 4.69) is 40.4 Å². The predicted octanol–water partition coefficient (Wildman–Crippen LogP) is 5.19. The van der Waals surface area contributed by atoms with Crippen LogP contribution >= 0.6 is 27.5 Å². The first-order valence-electron chi connectivity index (χ1n) is 7.29. The zero-order valence-electron chi connectivity index (χ0n) is 11.3. The van der Waals surface area contributed by atoms with Gasteiger partial charge in [0.1, 0.15) is 0 Å². The highest BCUT2D eigenvalue weighted by molar-refractivity contribution is 9.10. The minimum absolute atomic E-state index is 0.414. The fourth-order valence-corrected chi connectivity index (χ4v) is 4.85. The van der Waals surface area contributed by atoms with E-state index in [1.807, 2.05) is 6.07 Å². The zero-order valence-corrected chi connectivity index (χ0v) is 13.7. The van der Waals surface area contributed by atoms with Gasteiger partial charge in [-0.05, 0) is 74.2 Å². The number of halogens is 2. The molecular formula is C16H21BrClN. The molecule has 1 nitrogen and oxygen atoms in total. The van der Waals surface area contributed by atoms with Crippen molar-refractivity contribution in [1.29, 1.82) is 0 Å². The topological polar surface area (TPSA) is 12.0 Å². The monoisotopic (exact) mass is 341 g/mol. The summed E-state index contributed by atoms with van der Waals surface area (Å²) in [6, 6.07) is 6.51. The van der Waals surface area contributed by atoms with Crippen molar-refractivity contribution >= 4 is 27.5 Å². The molecule has 0 aromatic heterocycles. The van der Waals surface area contributed by atoms with Crippen LogP contribution in [0, 0.1) is 17.8 Å². The van der Waals surface area contributed by atoms with Crippen molar-refractivity contribution < 1.29 is 0 Å². The van der Waals surface area contributed by atoms with Crippen molar-refractivity contribution in [3.63, 3.8) is 0 Å². The molecule has 2 bridgehead atoms. The number of hydrogen-bond donors (Lipinski definition) is 1. The summed E-state index contributed by atoms with van der Waals surface area (Å²) in [7, 11) is 2.06. The van der Waals surface area contributed by atoms with Crippen molar-refractivity contribution in [3.05, 3.63) is 33.3 Å². The van der Waals surface area contributed by atoms with Crippen molar-refractivity contribution in [2.24, 2.45) is 17.8 Å². The summed E-state index contributed by atoms with van der Waals surface area (Å²) in [4.78, 5) is 0. The lowest BCUT2D eigenvalue weighted by atomic mass is 9.83. The average Bonchev–Trinajstić information content (AvgIpc) is 3.01. The van der Waals surface area contributed by atoms with E-state index in [-0.39, 0.29) is 0 Å². The van der Waals surface area contributed by atoms with Crippen LogP contribution in [0.3, 0.4) is 0 Å². The highest BCUT2D eigenvalue weighted by Crippen LogP contribution is 2.51. The lowest BCUT2D eigenvalue weighted by Gasteiger charge is -2.27. The van der Waals surface area contributed by atoms with Gasteiger partial charge in [-0.15, -0.1) is 0 Å². The van der Waals surface area contributed by atoms with Crippen LogP contribution in [0.25, 0.3) is 0 Å². The van der Waals surface area contributed by atoms with Crippen LogP contribution in [0.5, 0.6) is 0 Å². The summed E-state index contributed by atoms with van der Waals surface area (Å²) in [6.07, 6.45) is 7.12. The molecular weight excluding hydrogens is 322 g/mol. The molecule has 4 unspecified atom stereocenters. The zero-order chi connectivity index (χ0) is 13.4. The molecule has 4 atom stereocenters. The van der Waals surface area contributed by atoms with Gasteiger partial charge in [0, 0.05) is 15.5 Å². The molecule has 19 heavy (non-hydrogen) atoms. The molecule has 0 heterocycles. The molecule has 0 radical (unpaired) electrons. The Bertz CT molecular complexity index is 462. The SMILES string of the molecule is CNC(CC1CC2CCC1C2)c1cc(Cl)ccc1Br. The molecule has 0 spiro atoms. The number of rotatable bonds is 4. The van der Waals surface area contributed by atoms with Crippen LogP contribution in [-0.2, 0) is 0 Å². The van der Waals surface area contributed by atoms with Gasteiger partial charge in [-0.25, -0.2) is 0 Å². The smallest absolute Gasteiger partial charge is 0.0410 e. The molecule has 3 heteroatoms. The van der Waals surface area contributed by atoms with Crippen molar-refractivity contribution in [3.8, 4) is 0 Å². The minimum atomic E-state index is 0.414. The Morgan fingerprint density at radius 2 is 2.21 bits per heavy atom. The molecule has 1 aromatic rings. The summed E-state index contributed by atoms with van der Waals surface area (Å²) in [6.45, 7) is 0. The fraction of sp³-hybridized carbons (Fsp3) is 0.625. The van der Waals surface area contributed by atoms with Gasteiger partial charge in [-0.3, -0.25) is 0 Å². The third-order valence-corrected chi connectivity index (χ3v) is 6.06. The Balaban J connectivity index is 1.75. The Morgan fingerprint density at radius 1 is 1.37 bits per heavy atom. The van der Waals surface area contributed by atoms with E-state index in [1.54, 1.807) is 0 Å². The number of benzene rings is 1. The van der Waals surface area contributed by atoms with Gasteiger partial charge < -0.3 is 5.32 Å². The molecule has 104 valence electrons. The molecule has 0 aliphatic heterocycles. The Hall–Kier alpha value is -0.0500. The summed E-state index contributed by atoms with van der Waals surface area (Å²) in [5.41, 5.74) is 1.30. The number of hydrogen-bond acceptors (Lipinski definition) is 1. The molecule has 1 N–H and O–H groups in total. The van der Waals surface area contributed by atoms with Gasteiger partial charge in [-0.2, -0.15) is 0 Å². The molecule has 0 saturated heterocycles. The van der Waals surface area contributed by atoms with Gasteiger partial charge in [0.25, 0.3) is 0 Å². The maximum Gasteiger partial charge on any atom is 0.0410 e. The minimum Gasteiger partial charge on any atom is -0.313 e. The second-order valence-electron chi connectivity index (χ2n) is 6.18. The molecule has 3 rings (SSSR count). The molecule has 2 aliphatic rings. The van der Waals surface area contributed by atoms with Crippen LogP contribution in [-0.4, -0.2) is 7.05 Å². The van der Waals surface area contributed by atoms with E-state index < -0.39 is 0 Å². The molecule has 2 saturated carbocycles. The third kappa shape index (κ3) is 2.86. The van der Waals surface area contributed by atoms with Crippen LogP contribution in [0.2, 0.25) is 5.02 Å². The quantitative estimate of drug-likeness (QED) is 0.794. The second-order valence-corrected chi connectivity index (χ2v) is 7.47. The highest BCUT2D eigenvalue weighted by atomic mass is 79.9. The van der Waals surface area contributed by atoms with E-state index in [4.69, 9.17) is 11.6 Å². The van der Waals surface area contributed by atoms with Gasteiger partial charge in [0.2, 0.25) is 0 Å². The Morgan fingerprint density at radius 3 is 2.84 bits per heavy atom. The van der Waals surface area contributed by atoms with E-state index >= 15 is 0 Å². The molecule has 2 fully saturated rings. The van der Waals surface area contributed by atoms with Gasteiger partial charge >= 0.3 is 0 Å². The largest absolute Gasteiger partial charge is 0.313 e. The summed E-state index contributed by atoms with van der Waals surface area (Å²) >= 11 is 9.81. The summed E-state index contributed by atoms with van der Waals surface area (Å²) in [5.74, 6) is 2.91. The van der Waals surface area contributed by atoms with Crippen molar-refractivity contribution in [1.82, 2.24) is 5.32 Å². The fourth-order valence-electron chi connectivity index (χ4n) is 4.15. The van der Waals surface area contributed by atoms with Gasteiger partial charge in [0.05, 0.1) is 0 Å². The van der Waals surface area contributed by atoms with E-state index in [0.29, 0.717) is 6.04 Å². The first-order chi connectivity index (χ1) is 9.17. The Labute approximate surface area is 129 Å². The van der Waals surface area contributed by atoms with Gasteiger partial charge in [0.15, 0.2) is 0 Å². The lowest BCUT2D eigenvalue weighted by Crippen LogP contribution is -2.23. The lowest BCUT2D eigenvalue weighted by molar-refractivity contribution is 0.284. The maximum absolute atomic E-state index is 6.15. The van der Waals surface area contributed by atoms with E-state index in [0.717, 1.165) is 22.8 Å². The normalized spacial score (nSPS) is 30.8. The average molecular weight is 343 g/mol. The second kappa shape index (κ2) is 5.75. The first-order valence-corrected chi connectivity index (χ1v) is 8.46. The van der Waals surface area contributed by atoms with Crippen LogP contribution in [0.1, 0.15) is 43.7 Å².